The van der Waals surface area contributed by atoms with Gasteiger partial charge in [0.25, 0.3) is 0 Å². The Kier molecular flexibility index (Phi) is 5.46. The second-order valence-corrected chi connectivity index (χ2v) is 10.3. The molecule has 0 amide bonds. The predicted molar refractivity (Wildman–Crippen MR) is 98.8 cm³/mol. The Balaban J connectivity index is 2.37. The number of primary sulfonamides is 1. The van der Waals surface area contributed by atoms with E-state index in [0.717, 1.165) is 17.9 Å². The van der Waals surface area contributed by atoms with Gasteiger partial charge in [-0.3, -0.25) is 0 Å². The van der Waals surface area contributed by atoms with Gasteiger partial charge in [-0.05, 0) is 35.9 Å². The molecule has 0 aliphatic heterocycles. The summed E-state index contributed by atoms with van der Waals surface area (Å²) in [5.74, 6) is -0.357. The third-order valence-electron chi connectivity index (χ3n) is 4.01. The largest absolute Gasteiger partial charge is 0.383 e. The number of halogens is 1. The highest BCUT2D eigenvalue weighted by Crippen LogP contribution is 2.28. The molecule has 0 fully saturated rings. The number of nitrogens with two attached hydrogens (primary N) is 1. The van der Waals surface area contributed by atoms with Crippen molar-refractivity contribution in [1.82, 2.24) is 0 Å². The van der Waals surface area contributed by atoms with Crippen molar-refractivity contribution in [3.63, 3.8) is 0 Å². The van der Waals surface area contributed by atoms with Crippen molar-refractivity contribution in [2.45, 2.75) is 29.1 Å². The molecule has 0 atom stereocenters. The van der Waals surface area contributed by atoms with Crippen molar-refractivity contribution in [3.8, 4) is 0 Å². The first-order valence-corrected chi connectivity index (χ1v) is 11.1. The molecule has 0 saturated carbocycles. The van der Waals surface area contributed by atoms with Gasteiger partial charge in [-0.1, -0.05) is 26.0 Å². The molecular weight excluding hydrogens is 379 g/mol. The summed E-state index contributed by atoms with van der Waals surface area (Å²) in [6, 6.07) is 9.78. The first-order valence-electron chi connectivity index (χ1n) is 7.67. The maximum atomic E-state index is 13.5. The lowest BCUT2D eigenvalue weighted by molar-refractivity contribution is 0.545. The van der Waals surface area contributed by atoms with Crippen LogP contribution >= 0.6 is 0 Å². The van der Waals surface area contributed by atoms with E-state index in [9.17, 15) is 21.2 Å². The van der Waals surface area contributed by atoms with Crippen molar-refractivity contribution in [2.24, 2.45) is 5.14 Å². The molecule has 0 aliphatic rings. The van der Waals surface area contributed by atoms with Gasteiger partial charge >= 0.3 is 0 Å². The van der Waals surface area contributed by atoms with E-state index in [-0.39, 0.29) is 21.3 Å². The van der Waals surface area contributed by atoms with Gasteiger partial charge in [-0.25, -0.2) is 26.4 Å². The van der Waals surface area contributed by atoms with Crippen LogP contribution in [-0.4, -0.2) is 29.6 Å². The van der Waals surface area contributed by atoms with Crippen molar-refractivity contribution >= 4 is 25.5 Å². The molecule has 2 aromatic rings. The average Bonchev–Trinajstić information content (AvgIpc) is 2.51. The molecule has 26 heavy (non-hydrogen) atoms. The number of nitrogens with one attached hydrogen (secondary N) is 1. The number of sulfonamides is 1. The highest BCUT2D eigenvalue weighted by atomic mass is 32.2. The lowest BCUT2D eigenvalue weighted by Crippen LogP contribution is -2.28. The standard InChI is InChI=1S/C17H21FN2O4S2/c1-17(2,12-5-4-6-13(18)9-12)11-20-15-8-7-14(26(19,23)24)10-16(15)25(3,21)22/h4-10,20H,11H2,1-3H3,(H2,19,23,24). The third-order valence-corrected chi connectivity index (χ3v) is 6.06. The molecule has 0 radical (unpaired) electrons. The Morgan fingerprint density at radius 1 is 1.08 bits per heavy atom. The van der Waals surface area contributed by atoms with Gasteiger partial charge in [0.1, 0.15) is 5.82 Å². The maximum Gasteiger partial charge on any atom is 0.238 e. The molecule has 6 nitrogen and oxygen atoms in total. The van der Waals surface area contributed by atoms with Gasteiger partial charge in [0, 0.05) is 18.2 Å². The molecule has 2 rings (SSSR count). The fourth-order valence-corrected chi connectivity index (χ4v) is 3.96. The molecule has 3 N–H and O–H groups in total. The molecule has 0 spiro atoms. The van der Waals surface area contributed by atoms with Crippen LogP contribution in [0, 0.1) is 5.82 Å². The van der Waals surface area contributed by atoms with Crippen molar-refractivity contribution < 1.29 is 21.2 Å². The molecule has 0 heterocycles. The molecule has 0 saturated heterocycles. The van der Waals surface area contributed by atoms with Crippen LogP contribution < -0.4 is 10.5 Å². The van der Waals surface area contributed by atoms with Gasteiger partial charge in [0.15, 0.2) is 9.84 Å². The number of rotatable bonds is 6. The van der Waals surface area contributed by atoms with Crippen molar-refractivity contribution in [1.29, 1.82) is 0 Å². The van der Waals surface area contributed by atoms with Crippen LogP contribution in [0.1, 0.15) is 19.4 Å². The van der Waals surface area contributed by atoms with Crippen LogP contribution in [0.4, 0.5) is 10.1 Å². The summed E-state index contributed by atoms with van der Waals surface area (Å²) in [5, 5.41) is 8.09. The van der Waals surface area contributed by atoms with Crippen LogP contribution in [0.3, 0.4) is 0 Å². The zero-order chi connectivity index (χ0) is 19.8. The summed E-state index contributed by atoms with van der Waals surface area (Å²) < 4.78 is 60.5. The fourth-order valence-electron chi connectivity index (χ4n) is 2.46. The molecule has 0 bridgehead atoms. The lowest BCUT2D eigenvalue weighted by Gasteiger charge is -2.27. The topological polar surface area (TPSA) is 106 Å². The van der Waals surface area contributed by atoms with E-state index >= 15 is 0 Å². The number of benzene rings is 2. The van der Waals surface area contributed by atoms with Crippen LogP contribution in [0.5, 0.6) is 0 Å². The number of hydrogen-bond donors (Lipinski definition) is 2. The highest BCUT2D eigenvalue weighted by Gasteiger charge is 2.23. The van der Waals surface area contributed by atoms with Gasteiger partial charge in [-0.15, -0.1) is 0 Å². The lowest BCUT2D eigenvalue weighted by atomic mass is 9.84. The van der Waals surface area contributed by atoms with E-state index in [1.807, 2.05) is 13.8 Å². The quantitative estimate of drug-likeness (QED) is 0.774. The SMILES string of the molecule is CC(C)(CNc1ccc(S(N)(=O)=O)cc1S(C)(=O)=O)c1cccc(F)c1. The molecule has 0 unspecified atom stereocenters. The predicted octanol–water partition coefficient (Wildman–Crippen LogP) is 2.27. The average molecular weight is 400 g/mol. The van der Waals surface area contributed by atoms with Gasteiger partial charge < -0.3 is 5.32 Å². The minimum Gasteiger partial charge on any atom is -0.383 e. The smallest absolute Gasteiger partial charge is 0.238 e. The van der Waals surface area contributed by atoms with Crippen LogP contribution in [0.15, 0.2) is 52.3 Å². The molecule has 0 aromatic heterocycles. The zero-order valence-corrected chi connectivity index (χ0v) is 16.3. The third kappa shape index (κ3) is 4.80. The van der Waals surface area contributed by atoms with E-state index in [1.165, 1.54) is 24.3 Å². The van der Waals surface area contributed by atoms with Crippen LogP contribution in [0.25, 0.3) is 0 Å². The Morgan fingerprint density at radius 2 is 1.73 bits per heavy atom. The van der Waals surface area contributed by atoms with Crippen molar-refractivity contribution in [2.75, 3.05) is 18.1 Å². The Hall–Kier alpha value is -1.97. The second kappa shape index (κ2) is 6.98. The molecule has 0 aliphatic carbocycles. The molecule has 2 aromatic carbocycles. The summed E-state index contributed by atoms with van der Waals surface area (Å²) in [6.45, 7) is 4.06. The van der Waals surface area contributed by atoms with E-state index in [2.05, 4.69) is 5.32 Å². The summed E-state index contributed by atoms with van der Waals surface area (Å²) in [7, 11) is -7.73. The Bertz CT molecular complexity index is 1030. The second-order valence-electron chi connectivity index (χ2n) is 6.72. The summed E-state index contributed by atoms with van der Waals surface area (Å²) >= 11 is 0. The van der Waals surface area contributed by atoms with Gasteiger partial charge in [0.2, 0.25) is 10.0 Å². The van der Waals surface area contributed by atoms with Crippen LogP contribution in [0.2, 0.25) is 0 Å². The van der Waals surface area contributed by atoms with Gasteiger partial charge in [0.05, 0.1) is 15.5 Å². The monoisotopic (exact) mass is 400 g/mol. The van der Waals surface area contributed by atoms with Gasteiger partial charge in [-0.2, -0.15) is 0 Å². The summed E-state index contributed by atoms with van der Waals surface area (Å²) in [4.78, 5) is -0.452. The zero-order valence-electron chi connectivity index (χ0n) is 14.7. The van der Waals surface area contributed by atoms with E-state index in [4.69, 9.17) is 5.14 Å². The Morgan fingerprint density at radius 3 is 2.27 bits per heavy atom. The minimum absolute atomic E-state index is 0.168. The van der Waals surface area contributed by atoms with Crippen LogP contribution in [-0.2, 0) is 25.3 Å². The molecule has 142 valence electrons. The van der Waals surface area contributed by atoms with E-state index in [1.54, 1.807) is 12.1 Å². The normalized spacial score (nSPS) is 12.8. The number of sulfone groups is 1. The molecular formula is C17H21FN2O4S2. The minimum atomic E-state index is -4.03. The Labute approximate surface area is 153 Å². The van der Waals surface area contributed by atoms with Crippen molar-refractivity contribution in [3.05, 3.63) is 53.8 Å². The highest BCUT2D eigenvalue weighted by molar-refractivity contribution is 7.91. The number of anilines is 1. The maximum absolute atomic E-state index is 13.5. The number of hydrogen-bond acceptors (Lipinski definition) is 5. The molecule has 9 heteroatoms. The summed E-state index contributed by atoms with van der Waals surface area (Å²) in [5.41, 5.74) is 0.492. The summed E-state index contributed by atoms with van der Waals surface area (Å²) in [6.07, 6.45) is 0.984. The first kappa shape index (κ1) is 20.3. The van der Waals surface area contributed by atoms with E-state index in [0.29, 0.717) is 6.54 Å². The fraction of sp³-hybridized carbons (Fsp3) is 0.294. The van der Waals surface area contributed by atoms with E-state index < -0.39 is 25.3 Å². The first-order chi connectivity index (χ1) is 11.8.